The fourth-order valence-electron chi connectivity index (χ4n) is 7.19. The number of hydrogen-bond donors (Lipinski definition) is 0. The van der Waals surface area contributed by atoms with Gasteiger partial charge in [-0.1, -0.05) is 103 Å². The highest BCUT2D eigenvalue weighted by atomic mass is 16.3. The first-order valence-electron chi connectivity index (χ1n) is 15.9. The Hall–Kier alpha value is -6.73. The fraction of sp³-hybridized carbons (Fsp3) is 0. The summed E-state index contributed by atoms with van der Waals surface area (Å²) in [6.45, 7) is 0. The van der Waals surface area contributed by atoms with Gasteiger partial charge in [0, 0.05) is 43.6 Å². The van der Waals surface area contributed by atoms with Gasteiger partial charge in [-0.05, 0) is 30.3 Å². The minimum absolute atomic E-state index is 0.586. The Labute approximate surface area is 272 Å². The molecular weight excluding hydrogens is 592 g/mol. The molecule has 5 heterocycles. The van der Waals surface area contributed by atoms with Crippen LogP contribution in [0.1, 0.15) is 0 Å². The van der Waals surface area contributed by atoms with E-state index in [2.05, 4.69) is 46.9 Å². The van der Waals surface area contributed by atoms with E-state index >= 15 is 0 Å². The molecule has 0 saturated heterocycles. The van der Waals surface area contributed by atoms with E-state index in [1.54, 1.807) is 0 Å². The first-order chi connectivity index (χ1) is 23.8. The Kier molecular flexibility index (Phi) is 4.99. The van der Waals surface area contributed by atoms with Gasteiger partial charge in [0.1, 0.15) is 11.1 Å². The van der Waals surface area contributed by atoms with Crippen LogP contribution >= 0.6 is 0 Å². The number of para-hydroxylation sites is 3. The Morgan fingerprint density at radius 3 is 1.73 bits per heavy atom. The molecule has 0 unspecified atom stereocenters. The molecular formula is C41H22N6O. The van der Waals surface area contributed by atoms with Crippen molar-refractivity contribution in [1.82, 2.24) is 29.3 Å². The van der Waals surface area contributed by atoms with E-state index in [1.807, 2.05) is 91.0 Å². The summed E-state index contributed by atoms with van der Waals surface area (Å²) in [5.41, 5.74) is 9.86. The molecule has 0 spiro atoms. The molecule has 0 amide bonds. The quantitative estimate of drug-likeness (QED) is 0.197. The van der Waals surface area contributed by atoms with E-state index < -0.39 is 0 Å². The van der Waals surface area contributed by atoms with Crippen LogP contribution in [0.25, 0.3) is 105 Å². The van der Waals surface area contributed by atoms with Gasteiger partial charge in [-0.15, -0.1) is 0 Å². The lowest BCUT2D eigenvalue weighted by atomic mass is 10.1. The number of fused-ring (bicyclic) bond motifs is 11. The van der Waals surface area contributed by atoms with Crippen LogP contribution in [-0.4, -0.2) is 29.3 Å². The maximum Gasteiger partial charge on any atom is 0.165 e. The number of rotatable bonds is 3. The predicted molar refractivity (Wildman–Crippen MR) is 191 cm³/mol. The van der Waals surface area contributed by atoms with Crippen LogP contribution in [0, 0.1) is 0 Å². The summed E-state index contributed by atoms with van der Waals surface area (Å²) in [4.78, 5) is 24.9. The van der Waals surface area contributed by atoms with E-state index in [1.165, 1.54) is 0 Å². The molecule has 0 fully saturated rings. The first kappa shape index (κ1) is 25.5. The van der Waals surface area contributed by atoms with Crippen LogP contribution in [0.4, 0.5) is 0 Å². The second-order valence-electron chi connectivity index (χ2n) is 12.1. The smallest absolute Gasteiger partial charge is 0.165 e. The van der Waals surface area contributed by atoms with Crippen LogP contribution in [0.15, 0.2) is 138 Å². The Morgan fingerprint density at radius 1 is 0.417 bits per heavy atom. The third-order valence-electron chi connectivity index (χ3n) is 9.37. The molecule has 0 atom stereocenters. The minimum Gasteiger partial charge on any atom is -0.454 e. The van der Waals surface area contributed by atoms with E-state index in [-0.39, 0.29) is 0 Å². The minimum atomic E-state index is 0.586. The van der Waals surface area contributed by atoms with Crippen molar-refractivity contribution < 1.29 is 4.42 Å². The van der Waals surface area contributed by atoms with Crippen LogP contribution in [0.2, 0.25) is 0 Å². The molecule has 7 nitrogen and oxygen atoms in total. The van der Waals surface area contributed by atoms with Gasteiger partial charge in [-0.2, -0.15) is 0 Å². The standard InChI is InChI=1S/C41H22N6O/c1-3-10-23(11-4-1)38-44-39(24-12-5-2-6-13-24)46-40(45-38)25-18-19-26-29-21-20-28-27-14-9-15-30-34-41(43-32-17-8-7-16-31(32)42-34)47(35(27)30)36(28)37(29)48-33(26)22-25/h1-22H. The molecule has 0 aliphatic carbocycles. The number of nitrogens with zero attached hydrogens (tertiary/aromatic N) is 6. The molecule has 0 saturated carbocycles. The third kappa shape index (κ3) is 3.50. The average molecular weight is 615 g/mol. The van der Waals surface area contributed by atoms with E-state index in [4.69, 9.17) is 29.3 Å². The molecule has 0 aliphatic heterocycles. The van der Waals surface area contributed by atoms with Gasteiger partial charge in [-0.25, -0.2) is 24.9 Å². The maximum absolute atomic E-state index is 6.82. The van der Waals surface area contributed by atoms with Crippen molar-refractivity contribution in [2.24, 2.45) is 0 Å². The molecule has 48 heavy (non-hydrogen) atoms. The van der Waals surface area contributed by atoms with Crippen molar-refractivity contribution in [1.29, 1.82) is 0 Å². The van der Waals surface area contributed by atoms with Crippen molar-refractivity contribution in [3.63, 3.8) is 0 Å². The SMILES string of the molecule is c1ccc(-c2nc(-c3ccccc3)nc(-c3ccc4c(c3)oc3c4ccc4c5cccc6c7nc8ccccc8nc7n(c56)c43)n2)cc1. The monoisotopic (exact) mass is 614 g/mol. The zero-order chi connectivity index (χ0) is 31.3. The van der Waals surface area contributed by atoms with Crippen molar-refractivity contribution >= 4 is 71.3 Å². The van der Waals surface area contributed by atoms with Crippen LogP contribution in [0.3, 0.4) is 0 Å². The summed E-state index contributed by atoms with van der Waals surface area (Å²) in [6.07, 6.45) is 0. The van der Waals surface area contributed by atoms with Gasteiger partial charge < -0.3 is 4.42 Å². The lowest BCUT2D eigenvalue weighted by Crippen LogP contribution is -2.00. The Balaban J connectivity index is 1.17. The number of furan rings is 1. The van der Waals surface area contributed by atoms with Crippen molar-refractivity contribution in [2.75, 3.05) is 0 Å². The molecule has 11 aromatic rings. The highest BCUT2D eigenvalue weighted by Crippen LogP contribution is 2.43. The molecule has 0 N–H and O–H groups in total. The summed E-state index contributed by atoms with van der Waals surface area (Å²) >= 11 is 0. The van der Waals surface area contributed by atoms with E-state index in [0.29, 0.717) is 17.5 Å². The zero-order valence-electron chi connectivity index (χ0n) is 25.3. The number of aromatic nitrogens is 6. The second-order valence-corrected chi connectivity index (χ2v) is 12.1. The number of hydrogen-bond acceptors (Lipinski definition) is 6. The van der Waals surface area contributed by atoms with Crippen LogP contribution in [0.5, 0.6) is 0 Å². The molecule has 0 radical (unpaired) electrons. The van der Waals surface area contributed by atoms with Crippen LogP contribution in [-0.2, 0) is 0 Å². The zero-order valence-corrected chi connectivity index (χ0v) is 25.3. The second kappa shape index (κ2) is 9.40. The normalized spacial score (nSPS) is 12.2. The van der Waals surface area contributed by atoms with Crippen LogP contribution < -0.4 is 0 Å². The van der Waals surface area contributed by atoms with Gasteiger partial charge in [0.25, 0.3) is 0 Å². The third-order valence-corrected chi connectivity index (χ3v) is 9.37. The number of benzene rings is 6. The molecule has 5 aromatic heterocycles. The predicted octanol–water partition coefficient (Wildman–Crippen LogP) is 9.87. The fourth-order valence-corrected chi connectivity index (χ4v) is 7.19. The van der Waals surface area contributed by atoms with Gasteiger partial charge >= 0.3 is 0 Å². The average Bonchev–Trinajstić information content (AvgIpc) is 3.81. The highest BCUT2D eigenvalue weighted by molar-refractivity contribution is 6.27. The largest absolute Gasteiger partial charge is 0.454 e. The summed E-state index contributed by atoms with van der Waals surface area (Å²) in [7, 11) is 0. The van der Waals surface area contributed by atoms with Crippen molar-refractivity contribution in [3.05, 3.63) is 133 Å². The van der Waals surface area contributed by atoms with Crippen molar-refractivity contribution in [2.45, 2.75) is 0 Å². The van der Waals surface area contributed by atoms with Gasteiger partial charge in [-0.3, -0.25) is 4.40 Å². The Bertz CT molecular complexity index is 3000. The summed E-state index contributed by atoms with van der Waals surface area (Å²) in [6, 6.07) is 45.1. The lowest BCUT2D eigenvalue weighted by molar-refractivity contribution is 0.671. The molecule has 0 aliphatic rings. The lowest BCUT2D eigenvalue weighted by Gasteiger charge is -2.08. The molecule has 0 bridgehead atoms. The van der Waals surface area contributed by atoms with E-state index in [0.717, 1.165) is 88.0 Å². The molecule has 222 valence electrons. The highest BCUT2D eigenvalue weighted by Gasteiger charge is 2.23. The maximum atomic E-state index is 6.82. The molecule has 6 aromatic carbocycles. The van der Waals surface area contributed by atoms with Gasteiger partial charge in [0.05, 0.1) is 22.1 Å². The van der Waals surface area contributed by atoms with Gasteiger partial charge in [0.15, 0.2) is 28.7 Å². The van der Waals surface area contributed by atoms with Crippen molar-refractivity contribution in [3.8, 4) is 34.2 Å². The van der Waals surface area contributed by atoms with E-state index in [9.17, 15) is 0 Å². The molecule has 7 heteroatoms. The first-order valence-corrected chi connectivity index (χ1v) is 15.9. The topological polar surface area (TPSA) is 82.0 Å². The van der Waals surface area contributed by atoms with Gasteiger partial charge in [0.2, 0.25) is 0 Å². The summed E-state index contributed by atoms with van der Waals surface area (Å²) in [5.74, 6) is 1.83. The summed E-state index contributed by atoms with van der Waals surface area (Å²) in [5, 5.41) is 5.43. The molecule has 11 rings (SSSR count). The summed E-state index contributed by atoms with van der Waals surface area (Å²) < 4.78 is 9.06. The Morgan fingerprint density at radius 2 is 1.00 bits per heavy atom.